The Morgan fingerprint density at radius 2 is 1.89 bits per heavy atom. The van der Waals surface area contributed by atoms with E-state index < -0.39 is 0 Å². The molecule has 0 radical (unpaired) electrons. The molecular formula is C16H23NO2. The summed E-state index contributed by atoms with van der Waals surface area (Å²) in [5.74, 6) is 1.51. The van der Waals surface area contributed by atoms with E-state index in [1.807, 2.05) is 30.9 Å². The Bertz CT molecular complexity index is 450. The average molecular weight is 261 g/mol. The van der Waals surface area contributed by atoms with Crippen molar-refractivity contribution < 1.29 is 9.53 Å². The zero-order chi connectivity index (χ0) is 14.0. The summed E-state index contributed by atoms with van der Waals surface area (Å²) in [6, 6.07) is 8.08. The molecule has 0 spiro atoms. The van der Waals surface area contributed by atoms with E-state index in [-0.39, 0.29) is 5.41 Å². The third-order valence-electron chi connectivity index (χ3n) is 4.29. The minimum Gasteiger partial charge on any atom is -0.497 e. The molecule has 1 aromatic carbocycles. The van der Waals surface area contributed by atoms with Crippen LogP contribution in [0, 0.1) is 5.41 Å². The number of carbonyl (C=O) groups is 1. The van der Waals surface area contributed by atoms with E-state index in [9.17, 15) is 4.79 Å². The predicted octanol–water partition coefficient (Wildman–Crippen LogP) is 3.06. The first kappa shape index (κ1) is 13.9. The number of amides is 1. The molecule has 0 aromatic heterocycles. The second-order valence-electron chi connectivity index (χ2n) is 5.42. The van der Waals surface area contributed by atoms with Crippen LogP contribution in [0.5, 0.6) is 5.75 Å². The Labute approximate surface area is 115 Å². The largest absolute Gasteiger partial charge is 0.497 e. The topological polar surface area (TPSA) is 29.5 Å². The van der Waals surface area contributed by atoms with Crippen LogP contribution >= 0.6 is 0 Å². The zero-order valence-electron chi connectivity index (χ0n) is 12.3. The van der Waals surface area contributed by atoms with Crippen LogP contribution in [-0.2, 0) is 4.79 Å². The molecule has 0 heterocycles. The number of nitrogens with zero attached hydrogens (tertiary/aromatic N) is 1. The van der Waals surface area contributed by atoms with E-state index in [1.54, 1.807) is 7.11 Å². The van der Waals surface area contributed by atoms with Crippen LogP contribution in [0.2, 0.25) is 0 Å². The van der Waals surface area contributed by atoms with Gasteiger partial charge in [0.05, 0.1) is 12.5 Å². The molecule has 104 valence electrons. The van der Waals surface area contributed by atoms with Crippen LogP contribution in [0.1, 0.15) is 38.7 Å². The van der Waals surface area contributed by atoms with Gasteiger partial charge < -0.3 is 9.64 Å². The molecule has 3 nitrogen and oxygen atoms in total. The molecule has 1 saturated carbocycles. The van der Waals surface area contributed by atoms with Gasteiger partial charge in [0.2, 0.25) is 5.91 Å². The lowest BCUT2D eigenvalue weighted by Crippen LogP contribution is -2.36. The first-order valence-electron chi connectivity index (χ1n) is 7.00. The number of hydrogen-bond donors (Lipinski definition) is 0. The van der Waals surface area contributed by atoms with E-state index in [0.29, 0.717) is 11.8 Å². The van der Waals surface area contributed by atoms with Crippen molar-refractivity contribution in [3.8, 4) is 5.75 Å². The maximum Gasteiger partial charge on any atom is 0.229 e. The van der Waals surface area contributed by atoms with Crippen molar-refractivity contribution in [2.45, 2.75) is 33.1 Å². The smallest absolute Gasteiger partial charge is 0.229 e. The van der Waals surface area contributed by atoms with Crippen LogP contribution < -0.4 is 4.74 Å². The second kappa shape index (κ2) is 5.24. The number of methoxy groups -OCH3 is 1. The van der Waals surface area contributed by atoms with Crippen molar-refractivity contribution in [3.63, 3.8) is 0 Å². The second-order valence-corrected chi connectivity index (χ2v) is 5.42. The fraction of sp³-hybridized carbons (Fsp3) is 0.562. The Kier molecular flexibility index (Phi) is 3.83. The van der Waals surface area contributed by atoms with Gasteiger partial charge >= 0.3 is 0 Å². The molecule has 1 aliphatic carbocycles. The number of ether oxygens (including phenoxy) is 1. The summed E-state index contributed by atoms with van der Waals surface area (Å²) in [7, 11) is 1.67. The molecule has 1 amide bonds. The first-order chi connectivity index (χ1) is 9.06. The van der Waals surface area contributed by atoms with Crippen LogP contribution in [0.25, 0.3) is 0 Å². The average Bonchev–Trinajstić information content (AvgIpc) is 3.14. The third kappa shape index (κ3) is 2.46. The zero-order valence-corrected chi connectivity index (χ0v) is 12.3. The highest BCUT2D eigenvalue weighted by Crippen LogP contribution is 2.60. The van der Waals surface area contributed by atoms with Gasteiger partial charge in [0.1, 0.15) is 5.75 Å². The maximum atomic E-state index is 12.5. The van der Waals surface area contributed by atoms with Crippen molar-refractivity contribution in [2.75, 3.05) is 20.2 Å². The van der Waals surface area contributed by atoms with Crippen LogP contribution in [0.4, 0.5) is 0 Å². The van der Waals surface area contributed by atoms with E-state index in [2.05, 4.69) is 19.1 Å². The van der Waals surface area contributed by atoms with Gasteiger partial charge in [-0.1, -0.05) is 19.1 Å². The van der Waals surface area contributed by atoms with Gasteiger partial charge in [-0.2, -0.15) is 0 Å². The van der Waals surface area contributed by atoms with E-state index >= 15 is 0 Å². The number of hydrogen-bond acceptors (Lipinski definition) is 2. The minimum absolute atomic E-state index is 0.208. The molecule has 1 fully saturated rings. The van der Waals surface area contributed by atoms with Crippen molar-refractivity contribution in [3.05, 3.63) is 29.8 Å². The van der Waals surface area contributed by atoms with Gasteiger partial charge in [-0.05, 0) is 43.9 Å². The summed E-state index contributed by atoms with van der Waals surface area (Å²) in [4.78, 5) is 14.4. The highest BCUT2D eigenvalue weighted by atomic mass is 16.5. The van der Waals surface area contributed by atoms with Crippen molar-refractivity contribution in [1.82, 2.24) is 4.90 Å². The minimum atomic E-state index is -0.208. The molecular weight excluding hydrogens is 238 g/mol. The Balaban J connectivity index is 2.11. The maximum absolute atomic E-state index is 12.5. The molecule has 0 aliphatic heterocycles. The lowest BCUT2D eigenvalue weighted by atomic mass is 9.99. The molecule has 1 aliphatic rings. The summed E-state index contributed by atoms with van der Waals surface area (Å²) in [6.07, 6.45) is 0.953. The van der Waals surface area contributed by atoms with Gasteiger partial charge in [0, 0.05) is 13.1 Å². The summed E-state index contributed by atoms with van der Waals surface area (Å²) in [5, 5.41) is 0. The molecule has 0 N–H and O–H groups in total. The lowest BCUT2D eigenvalue weighted by Gasteiger charge is -2.23. The number of rotatable bonds is 5. The van der Waals surface area contributed by atoms with Crippen molar-refractivity contribution in [2.24, 2.45) is 5.41 Å². The molecule has 2 rings (SSSR count). The highest BCUT2D eigenvalue weighted by Gasteiger charge is 2.57. The van der Waals surface area contributed by atoms with Gasteiger partial charge in [0.25, 0.3) is 0 Å². The first-order valence-corrected chi connectivity index (χ1v) is 7.00. The van der Waals surface area contributed by atoms with Gasteiger partial charge in [-0.15, -0.1) is 0 Å². The summed E-state index contributed by atoms with van der Waals surface area (Å²) >= 11 is 0. The van der Waals surface area contributed by atoms with Gasteiger partial charge in [-0.3, -0.25) is 4.79 Å². The monoisotopic (exact) mass is 261 g/mol. The normalized spacial score (nSPS) is 24.9. The molecule has 0 saturated heterocycles. The van der Waals surface area contributed by atoms with Crippen LogP contribution in [0.3, 0.4) is 0 Å². The Morgan fingerprint density at radius 3 is 2.37 bits per heavy atom. The predicted molar refractivity (Wildman–Crippen MR) is 76.4 cm³/mol. The van der Waals surface area contributed by atoms with E-state index in [1.165, 1.54) is 5.56 Å². The van der Waals surface area contributed by atoms with Crippen molar-refractivity contribution >= 4 is 5.91 Å². The summed E-state index contributed by atoms with van der Waals surface area (Å²) in [5.41, 5.74) is 1.03. The van der Waals surface area contributed by atoms with Gasteiger partial charge in [-0.25, -0.2) is 0 Å². The molecule has 19 heavy (non-hydrogen) atoms. The quantitative estimate of drug-likeness (QED) is 0.815. The molecule has 2 atom stereocenters. The Hall–Kier alpha value is -1.51. The highest BCUT2D eigenvalue weighted by molar-refractivity contribution is 5.87. The van der Waals surface area contributed by atoms with E-state index in [4.69, 9.17) is 4.74 Å². The molecule has 0 bridgehead atoms. The summed E-state index contributed by atoms with van der Waals surface area (Å²) in [6.45, 7) is 7.74. The number of carbonyl (C=O) groups excluding carboxylic acids is 1. The molecule has 1 aromatic rings. The third-order valence-corrected chi connectivity index (χ3v) is 4.29. The molecule has 0 unspecified atom stereocenters. The fourth-order valence-electron chi connectivity index (χ4n) is 2.80. The summed E-state index contributed by atoms with van der Waals surface area (Å²) < 4.78 is 5.17. The lowest BCUT2D eigenvalue weighted by molar-refractivity contribution is -0.136. The van der Waals surface area contributed by atoms with Crippen LogP contribution in [0.15, 0.2) is 24.3 Å². The fourth-order valence-corrected chi connectivity index (χ4v) is 2.80. The van der Waals surface area contributed by atoms with E-state index in [0.717, 1.165) is 25.3 Å². The van der Waals surface area contributed by atoms with Crippen LogP contribution in [-0.4, -0.2) is 31.0 Å². The van der Waals surface area contributed by atoms with Gasteiger partial charge in [0.15, 0.2) is 0 Å². The van der Waals surface area contributed by atoms with Crippen molar-refractivity contribution in [1.29, 1.82) is 0 Å². The standard InChI is InChI=1S/C16H23NO2/c1-5-17(6-2)15(18)16(3)11-14(16)12-7-9-13(19-4)10-8-12/h7-10,14H,5-6,11H2,1-4H3/t14-,16+/m1/s1. The number of benzene rings is 1. The Morgan fingerprint density at radius 1 is 1.32 bits per heavy atom. The SMILES string of the molecule is CCN(CC)C(=O)[C@@]1(C)C[C@@H]1c1ccc(OC)cc1. The molecule has 3 heteroatoms.